The molecule has 1 saturated heterocycles. The van der Waals surface area contributed by atoms with Crippen LogP contribution < -0.4 is 4.74 Å². The summed E-state index contributed by atoms with van der Waals surface area (Å²) in [6, 6.07) is 8.38. The minimum absolute atomic E-state index is 0.409. The number of rotatable bonds is 5. The molecular weight excluding hydrogens is 250 g/mol. The molecule has 112 valence electrons. The summed E-state index contributed by atoms with van der Waals surface area (Å²) in [5, 5.41) is 10.5. The predicted octanol–water partition coefficient (Wildman–Crippen LogP) is 3.38. The Labute approximate surface area is 122 Å². The Morgan fingerprint density at radius 1 is 1.25 bits per heavy atom. The molecular formula is C17H27NO2. The number of hydrogen-bond donors (Lipinski definition) is 1. The van der Waals surface area contributed by atoms with E-state index in [1.54, 1.807) is 7.11 Å². The van der Waals surface area contributed by atoms with Gasteiger partial charge >= 0.3 is 0 Å². The van der Waals surface area contributed by atoms with Crippen molar-refractivity contribution in [2.24, 2.45) is 0 Å². The number of aliphatic hydroxyl groups is 1. The summed E-state index contributed by atoms with van der Waals surface area (Å²) in [6.07, 6.45) is 5.94. The summed E-state index contributed by atoms with van der Waals surface area (Å²) in [4.78, 5) is 2.47. The van der Waals surface area contributed by atoms with Crippen LogP contribution in [0.2, 0.25) is 0 Å². The molecule has 0 aromatic heterocycles. The number of likely N-dealkylation sites (tertiary alicyclic amines) is 1. The van der Waals surface area contributed by atoms with Crippen LogP contribution in [0, 0.1) is 0 Å². The molecule has 1 N–H and O–H groups in total. The van der Waals surface area contributed by atoms with Gasteiger partial charge in [-0.25, -0.2) is 0 Å². The summed E-state index contributed by atoms with van der Waals surface area (Å²) < 4.78 is 5.16. The Bertz CT molecular complexity index is 390. The van der Waals surface area contributed by atoms with Crippen LogP contribution in [0.15, 0.2) is 24.3 Å². The van der Waals surface area contributed by atoms with Gasteiger partial charge < -0.3 is 9.84 Å². The van der Waals surface area contributed by atoms with E-state index >= 15 is 0 Å². The zero-order valence-electron chi connectivity index (χ0n) is 12.7. The van der Waals surface area contributed by atoms with Crippen LogP contribution in [0.3, 0.4) is 0 Å². The van der Waals surface area contributed by atoms with Gasteiger partial charge in [0.1, 0.15) is 5.75 Å². The zero-order chi connectivity index (χ0) is 14.4. The number of benzene rings is 1. The van der Waals surface area contributed by atoms with E-state index in [1.165, 1.54) is 32.1 Å². The third-order valence-corrected chi connectivity index (χ3v) is 4.38. The van der Waals surface area contributed by atoms with Gasteiger partial charge in [-0.1, -0.05) is 31.9 Å². The first-order chi connectivity index (χ1) is 9.74. The highest BCUT2D eigenvalue weighted by molar-refractivity contribution is 5.28. The lowest BCUT2D eigenvalue weighted by molar-refractivity contribution is 0.0865. The molecule has 1 heterocycles. The molecule has 0 saturated carbocycles. The Hall–Kier alpha value is -1.06. The summed E-state index contributed by atoms with van der Waals surface area (Å²) in [5.41, 5.74) is 0.977. The average Bonchev–Trinajstić information content (AvgIpc) is 2.72. The molecule has 0 aliphatic carbocycles. The number of methoxy groups -OCH3 is 1. The second-order valence-electron chi connectivity index (χ2n) is 5.70. The third kappa shape index (κ3) is 3.97. The van der Waals surface area contributed by atoms with E-state index in [4.69, 9.17) is 4.74 Å². The van der Waals surface area contributed by atoms with Crippen molar-refractivity contribution < 1.29 is 9.84 Å². The SMILES string of the molecule is CCC1CCCCCN1CC(O)c1ccc(OC)cc1. The fraction of sp³-hybridized carbons (Fsp3) is 0.647. The molecule has 1 aliphatic heterocycles. The predicted molar refractivity (Wildman–Crippen MR) is 82.1 cm³/mol. The van der Waals surface area contributed by atoms with Crippen LogP contribution in [0.1, 0.15) is 50.7 Å². The molecule has 1 aromatic rings. The largest absolute Gasteiger partial charge is 0.497 e. The van der Waals surface area contributed by atoms with Crippen molar-refractivity contribution >= 4 is 0 Å². The van der Waals surface area contributed by atoms with E-state index in [1.807, 2.05) is 24.3 Å². The average molecular weight is 277 g/mol. The zero-order valence-corrected chi connectivity index (χ0v) is 12.7. The standard InChI is InChI=1S/C17H27NO2/c1-3-15-7-5-4-6-12-18(15)13-17(19)14-8-10-16(20-2)11-9-14/h8-11,15,17,19H,3-7,12-13H2,1-2H3. The van der Waals surface area contributed by atoms with Gasteiger partial charge in [-0.2, -0.15) is 0 Å². The first kappa shape index (κ1) is 15.3. The smallest absolute Gasteiger partial charge is 0.118 e. The second kappa shape index (κ2) is 7.65. The highest BCUT2D eigenvalue weighted by atomic mass is 16.5. The first-order valence-corrected chi connectivity index (χ1v) is 7.80. The Balaban J connectivity index is 1.98. The van der Waals surface area contributed by atoms with E-state index in [2.05, 4.69) is 11.8 Å². The summed E-state index contributed by atoms with van der Waals surface area (Å²) in [7, 11) is 1.66. The second-order valence-corrected chi connectivity index (χ2v) is 5.70. The molecule has 1 fully saturated rings. The maximum atomic E-state index is 10.5. The number of aliphatic hydroxyl groups excluding tert-OH is 1. The van der Waals surface area contributed by atoms with Crippen molar-refractivity contribution in [3.63, 3.8) is 0 Å². The van der Waals surface area contributed by atoms with Gasteiger partial charge in [-0.15, -0.1) is 0 Å². The van der Waals surface area contributed by atoms with Crippen molar-refractivity contribution in [1.29, 1.82) is 0 Å². The maximum absolute atomic E-state index is 10.5. The number of β-amino-alcohol motifs (C(OH)–C–C–N with tert-alkyl or cyclic N) is 1. The molecule has 0 radical (unpaired) electrons. The van der Waals surface area contributed by atoms with Crippen LogP contribution in [0.25, 0.3) is 0 Å². The number of ether oxygens (including phenoxy) is 1. The normalized spacial score (nSPS) is 22.2. The minimum Gasteiger partial charge on any atom is -0.497 e. The fourth-order valence-electron chi connectivity index (χ4n) is 3.09. The molecule has 0 spiro atoms. The highest BCUT2D eigenvalue weighted by Crippen LogP contribution is 2.23. The number of hydrogen-bond acceptors (Lipinski definition) is 3. The quantitative estimate of drug-likeness (QED) is 0.895. The molecule has 0 amide bonds. The van der Waals surface area contributed by atoms with E-state index in [9.17, 15) is 5.11 Å². The molecule has 3 nitrogen and oxygen atoms in total. The first-order valence-electron chi connectivity index (χ1n) is 7.80. The minimum atomic E-state index is -0.409. The Kier molecular flexibility index (Phi) is 5.86. The van der Waals surface area contributed by atoms with Gasteiger partial charge in [0.15, 0.2) is 0 Å². The summed E-state index contributed by atoms with van der Waals surface area (Å²) in [6.45, 7) is 4.11. The maximum Gasteiger partial charge on any atom is 0.118 e. The molecule has 1 aromatic carbocycles. The van der Waals surface area contributed by atoms with Gasteiger partial charge in [0.05, 0.1) is 13.2 Å². The van der Waals surface area contributed by atoms with E-state index in [0.29, 0.717) is 6.04 Å². The van der Waals surface area contributed by atoms with Crippen LogP contribution >= 0.6 is 0 Å². The van der Waals surface area contributed by atoms with Crippen LogP contribution in [-0.4, -0.2) is 36.2 Å². The van der Waals surface area contributed by atoms with Crippen molar-refractivity contribution in [1.82, 2.24) is 4.90 Å². The Morgan fingerprint density at radius 3 is 2.65 bits per heavy atom. The van der Waals surface area contributed by atoms with E-state index in [0.717, 1.165) is 24.4 Å². The topological polar surface area (TPSA) is 32.7 Å². The Morgan fingerprint density at radius 2 is 2.00 bits per heavy atom. The molecule has 2 atom stereocenters. The van der Waals surface area contributed by atoms with Crippen LogP contribution in [0.4, 0.5) is 0 Å². The van der Waals surface area contributed by atoms with Gasteiger partial charge in [0.2, 0.25) is 0 Å². The van der Waals surface area contributed by atoms with Gasteiger partial charge in [-0.3, -0.25) is 4.90 Å². The van der Waals surface area contributed by atoms with Gasteiger partial charge in [-0.05, 0) is 43.5 Å². The molecule has 2 rings (SSSR count). The molecule has 0 bridgehead atoms. The highest BCUT2D eigenvalue weighted by Gasteiger charge is 2.22. The van der Waals surface area contributed by atoms with E-state index < -0.39 is 6.10 Å². The molecule has 1 aliphatic rings. The van der Waals surface area contributed by atoms with Crippen molar-refractivity contribution in [2.45, 2.75) is 51.2 Å². The molecule has 20 heavy (non-hydrogen) atoms. The lowest BCUT2D eigenvalue weighted by Crippen LogP contribution is -2.37. The van der Waals surface area contributed by atoms with Crippen LogP contribution in [-0.2, 0) is 0 Å². The summed E-state index contributed by atoms with van der Waals surface area (Å²) in [5.74, 6) is 0.835. The fourth-order valence-corrected chi connectivity index (χ4v) is 3.09. The molecule has 2 unspecified atom stereocenters. The molecule has 3 heteroatoms. The lowest BCUT2D eigenvalue weighted by Gasteiger charge is -2.31. The van der Waals surface area contributed by atoms with Crippen LogP contribution in [0.5, 0.6) is 5.75 Å². The van der Waals surface area contributed by atoms with Crippen molar-refractivity contribution in [3.05, 3.63) is 29.8 Å². The lowest BCUT2D eigenvalue weighted by atomic mass is 10.1. The van der Waals surface area contributed by atoms with Crippen molar-refractivity contribution in [2.75, 3.05) is 20.2 Å². The third-order valence-electron chi connectivity index (χ3n) is 4.38. The van der Waals surface area contributed by atoms with Gasteiger partial charge in [0, 0.05) is 12.6 Å². The van der Waals surface area contributed by atoms with E-state index in [-0.39, 0.29) is 0 Å². The number of nitrogens with zero attached hydrogens (tertiary/aromatic N) is 1. The summed E-state index contributed by atoms with van der Waals surface area (Å²) >= 11 is 0. The monoisotopic (exact) mass is 277 g/mol. The van der Waals surface area contributed by atoms with Gasteiger partial charge in [0.25, 0.3) is 0 Å². The van der Waals surface area contributed by atoms with Crippen molar-refractivity contribution in [3.8, 4) is 5.75 Å².